The Bertz CT molecular complexity index is 500. The van der Waals surface area contributed by atoms with E-state index in [1.807, 2.05) is 6.20 Å². The fraction of sp³-hybridized carbons (Fsp3) is 0.467. The monoisotopic (exact) mass is 228 g/mol. The van der Waals surface area contributed by atoms with Crippen LogP contribution < -0.4 is 5.32 Å². The first kappa shape index (κ1) is 10.8. The van der Waals surface area contributed by atoms with E-state index in [9.17, 15) is 0 Å². The molecule has 2 nitrogen and oxygen atoms in total. The summed E-state index contributed by atoms with van der Waals surface area (Å²) in [4.78, 5) is 3.26. The predicted octanol–water partition coefficient (Wildman–Crippen LogP) is 3.45. The molecule has 1 aromatic heterocycles. The van der Waals surface area contributed by atoms with E-state index in [1.54, 1.807) is 0 Å². The maximum Gasteiger partial charge on any atom is 0.0457 e. The molecule has 1 aliphatic rings. The minimum Gasteiger partial charge on any atom is -0.361 e. The van der Waals surface area contributed by atoms with E-state index in [0.29, 0.717) is 0 Å². The molecule has 0 bridgehead atoms. The first-order valence-corrected chi connectivity index (χ1v) is 6.66. The van der Waals surface area contributed by atoms with Crippen LogP contribution >= 0.6 is 0 Å². The Morgan fingerprint density at radius 3 is 3.18 bits per heavy atom. The maximum absolute atomic E-state index is 3.65. The second-order valence-corrected chi connectivity index (χ2v) is 5.17. The smallest absolute Gasteiger partial charge is 0.0457 e. The van der Waals surface area contributed by atoms with Gasteiger partial charge in [-0.05, 0) is 41.8 Å². The highest BCUT2D eigenvalue weighted by Gasteiger charge is 2.35. The fourth-order valence-corrected chi connectivity index (χ4v) is 2.64. The minimum absolute atomic E-state index is 0.772. The van der Waals surface area contributed by atoms with Crippen LogP contribution in [0.25, 0.3) is 10.9 Å². The van der Waals surface area contributed by atoms with Crippen molar-refractivity contribution >= 4 is 10.9 Å². The van der Waals surface area contributed by atoms with Crippen LogP contribution in [0, 0.1) is 5.92 Å². The average molecular weight is 228 g/mol. The zero-order valence-electron chi connectivity index (χ0n) is 10.4. The van der Waals surface area contributed by atoms with Crippen LogP contribution in [0.3, 0.4) is 0 Å². The van der Waals surface area contributed by atoms with Gasteiger partial charge in [-0.2, -0.15) is 0 Å². The molecular formula is C15H20N2. The van der Waals surface area contributed by atoms with Gasteiger partial charge in [0.15, 0.2) is 0 Å². The Morgan fingerprint density at radius 2 is 2.29 bits per heavy atom. The van der Waals surface area contributed by atoms with Crippen molar-refractivity contribution in [2.24, 2.45) is 5.92 Å². The van der Waals surface area contributed by atoms with E-state index in [2.05, 4.69) is 41.5 Å². The van der Waals surface area contributed by atoms with Crippen molar-refractivity contribution in [2.75, 3.05) is 0 Å². The molecule has 2 unspecified atom stereocenters. The largest absolute Gasteiger partial charge is 0.361 e. The Balaban J connectivity index is 1.58. The Labute approximate surface area is 102 Å². The third-order valence-electron chi connectivity index (χ3n) is 3.77. The fourth-order valence-electron chi connectivity index (χ4n) is 2.64. The molecule has 2 aromatic rings. The lowest BCUT2D eigenvalue weighted by atomic mass is 10.1. The van der Waals surface area contributed by atoms with Crippen LogP contribution in [0.1, 0.15) is 31.7 Å². The molecule has 1 saturated carbocycles. The van der Waals surface area contributed by atoms with Crippen LogP contribution in [0.2, 0.25) is 0 Å². The molecule has 0 radical (unpaired) electrons. The highest BCUT2D eigenvalue weighted by atomic mass is 15.0. The summed E-state index contributed by atoms with van der Waals surface area (Å²) in [5.74, 6) is 0.939. The molecule has 1 heterocycles. The van der Waals surface area contributed by atoms with Crippen molar-refractivity contribution in [3.8, 4) is 0 Å². The van der Waals surface area contributed by atoms with Gasteiger partial charge in [0.05, 0.1) is 0 Å². The highest BCUT2D eigenvalue weighted by molar-refractivity contribution is 5.79. The Kier molecular flexibility index (Phi) is 2.89. The number of aromatic nitrogens is 1. The summed E-state index contributed by atoms with van der Waals surface area (Å²) in [5.41, 5.74) is 2.62. The first-order chi connectivity index (χ1) is 8.36. The average Bonchev–Trinajstić information content (AvgIpc) is 2.91. The Morgan fingerprint density at radius 1 is 1.35 bits per heavy atom. The van der Waals surface area contributed by atoms with Crippen LogP contribution in [0.15, 0.2) is 30.5 Å². The highest BCUT2D eigenvalue weighted by Crippen LogP contribution is 2.34. The number of rotatable bonds is 5. The number of nitrogens with one attached hydrogen (secondary N) is 2. The van der Waals surface area contributed by atoms with Crippen LogP contribution in [-0.4, -0.2) is 11.0 Å². The molecule has 1 aliphatic carbocycles. The van der Waals surface area contributed by atoms with Gasteiger partial charge in [0.1, 0.15) is 0 Å². The second-order valence-electron chi connectivity index (χ2n) is 5.17. The van der Waals surface area contributed by atoms with Crippen molar-refractivity contribution in [1.82, 2.24) is 10.3 Å². The number of H-pyrrole nitrogens is 1. The number of hydrogen-bond donors (Lipinski definition) is 2. The predicted molar refractivity (Wildman–Crippen MR) is 71.9 cm³/mol. The first-order valence-electron chi connectivity index (χ1n) is 6.66. The van der Waals surface area contributed by atoms with Gasteiger partial charge < -0.3 is 10.3 Å². The molecular weight excluding hydrogens is 208 g/mol. The van der Waals surface area contributed by atoms with Crippen LogP contribution in [0.5, 0.6) is 0 Å². The molecule has 17 heavy (non-hydrogen) atoms. The summed E-state index contributed by atoms with van der Waals surface area (Å²) in [6, 6.07) is 9.55. The third kappa shape index (κ3) is 2.37. The molecule has 2 atom stereocenters. The van der Waals surface area contributed by atoms with Crippen molar-refractivity contribution < 1.29 is 0 Å². The van der Waals surface area contributed by atoms with Gasteiger partial charge in [0.2, 0.25) is 0 Å². The van der Waals surface area contributed by atoms with Gasteiger partial charge in [0.25, 0.3) is 0 Å². The van der Waals surface area contributed by atoms with E-state index >= 15 is 0 Å². The number of fused-ring (bicyclic) bond motifs is 1. The lowest BCUT2D eigenvalue weighted by molar-refractivity contribution is 0.599. The zero-order chi connectivity index (χ0) is 11.7. The van der Waals surface area contributed by atoms with Crippen molar-refractivity contribution in [2.45, 2.75) is 38.8 Å². The maximum atomic E-state index is 3.65. The van der Waals surface area contributed by atoms with E-state index in [0.717, 1.165) is 18.5 Å². The molecule has 90 valence electrons. The van der Waals surface area contributed by atoms with Crippen LogP contribution in [0.4, 0.5) is 0 Å². The molecule has 0 saturated heterocycles. The summed E-state index contributed by atoms with van der Waals surface area (Å²) in [7, 11) is 0. The van der Waals surface area contributed by atoms with E-state index in [1.165, 1.54) is 35.7 Å². The standard InChI is InChI=1S/C15H20N2/c1-2-3-13-9-15(13)17-10-11-4-5-12-6-7-16-14(12)8-11/h4-8,13,15-17H,2-3,9-10H2,1H3. The molecule has 1 aromatic carbocycles. The zero-order valence-corrected chi connectivity index (χ0v) is 10.4. The van der Waals surface area contributed by atoms with E-state index in [-0.39, 0.29) is 0 Å². The lowest BCUT2D eigenvalue weighted by Crippen LogP contribution is -2.17. The van der Waals surface area contributed by atoms with Gasteiger partial charge >= 0.3 is 0 Å². The molecule has 0 amide bonds. The van der Waals surface area contributed by atoms with Gasteiger partial charge in [-0.15, -0.1) is 0 Å². The van der Waals surface area contributed by atoms with Crippen molar-refractivity contribution in [1.29, 1.82) is 0 Å². The van der Waals surface area contributed by atoms with Gasteiger partial charge in [0, 0.05) is 24.3 Å². The summed E-state index contributed by atoms with van der Waals surface area (Å²) in [5, 5.41) is 4.95. The molecule has 3 rings (SSSR count). The molecule has 0 aliphatic heterocycles. The van der Waals surface area contributed by atoms with E-state index < -0.39 is 0 Å². The Hall–Kier alpha value is -1.28. The van der Waals surface area contributed by atoms with Crippen LogP contribution in [-0.2, 0) is 6.54 Å². The van der Waals surface area contributed by atoms with Gasteiger partial charge in [-0.3, -0.25) is 0 Å². The normalized spacial score (nSPS) is 23.1. The number of hydrogen-bond acceptors (Lipinski definition) is 1. The molecule has 1 fully saturated rings. The third-order valence-corrected chi connectivity index (χ3v) is 3.77. The second kappa shape index (κ2) is 4.53. The number of benzene rings is 1. The number of aromatic amines is 1. The quantitative estimate of drug-likeness (QED) is 0.806. The summed E-state index contributed by atoms with van der Waals surface area (Å²) in [6.45, 7) is 3.27. The SMILES string of the molecule is CCCC1CC1NCc1ccc2cc[nH]c2c1. The summed E-state index contributed by atoms with van der Waals surface area (Å²) < 4.78 is 0. The summed E-state index contributed by atoms with van der Waals surface area (Å²) in [6.07, 6.45) is 6.07. The molecule has 0 spiro atoms. The van der Waals surface area contributed by atoms with Crippen molar-refractivity contribution in [3.63, 3.8) is 0 Å². The van der Waals surface area contributed by atoms with E-state index in [4.69, 9.17) is 0 Å². The van der Waals surface area contributed by atoms with Gasteiger partial charge in [-0.25, -0.2) is 0 Å². The minimum atomic E-state index is 0.772. The van der Waals surface area contributed by atoms with Gasteiger partial charge in [-0.1, -0.05) is 25.5 Å². The lowest BCUT2D eigenvalue weighted by Gasteiger charge is -2.04. The van der Waals surface area contributed by atoms with Crippen molar-refractivity contribution in [3.05, 3.63) is 36.0 Å². The summed E-state index contributed by atoms with van der Waals surface area (Å²) >= 11 is 0. The molecule has 2 heteroatoms. The molecule has 2 N–H and O–H groups in total. The topological polar surface area (TPSA) is 27.8 Å².